The van der Waals surface area contributed by atoms with E-state index >= 15 is 0 Å². The van der Waals surface area contributed by atoms with Crippen molar-refractivity contribution < 1.29 is 9.53 Å². The fourth-order valence-corrected chi connectivity index (χ4v) is 3.80. The Bertz CT molecular complexity index is 545. The predicted molar refractivity (Wildman–Crippen MR) is 139 cm³/mol. The number of anilines is 1. The van der Waals surface area contributed by atoms with Crippen LogP contribution in [0.25, 0.3) is 0 Å². The maximum Gasteiger partial charge on any atom is 0.239 e. The second kappa shape index (κ2) is 21.2. The number of hydrogen-bond acceptors (Lipinski definition) is 3. The lowest BCUT2D eigenvalue weighted by atomic mass is 10.0. The number of amides is 1. The Balaban J connectivity index is 1.87. The first kappa shape index (κ1) is 28.3. The Morgan fingerprint density at radius 3 is 1.72 bits per heavy atom. The Kier molecular flexibility index (Phi) is 18.7. The third kappa shape index (κ3) is 16.9. The number of benzene rings is 1. The van der Waals surface area contributed by atoms with Crippen molar-refractivity contribution in [3.8, 4) is 5.75 Å². The van der Waals surface area contributed by atoms with Crippen molar-refractivity contribution in [1.29, 1.82) is 0 Å². The van der Waals surface area contributed by atoms with Crippen molar-refractivity contribution in [3.63, 3.8) is 0 Å². The molecule has 0 saturated carbocycles. The monoisotopic (exact) mass is 446 g/mol. The van der Waals surface area contributed by atoms with Gasteiger partial charge in [0.15, 0.2) is 0 Å². The Morgan fingerprint density at radius 1 is 0.688 bits per heavy atom. The number of nitrogens with one attached hydrogen (secondary N) is 2. The van der Waals surface area contributed by atoms with Crippen LogP contribution in [0.15, 0.2) is 24.3 Å². The van der Waals surface area contributed by atoms with Gasteiger partial charge in [-0.05, 0) is 37.1 Å². The van der Waals surface area contributed by atoms with Gasteiger partial charge in [-0.2, -0.15) is 0 Å². The molecule has 2 N–H and O–H groups in total. The van der Waals surface area contributed by atoms with Crippen molar-refractivity contribution >= 4 is 11.6 Å². The first-order chi connectivity index (χ1) is 15.8. The average molecular weight is 447 g/mol. The van der Waals surface area contributed by atoms with Gasteiger partial charge < -0.3 is 15.4 Å². The molecule has 32 heavy (non-hydrogen) atoms. The largest absolute Gasteiger partial charge is 0.494 e. The number of unbranched alkanes of at least 4 members (excludes halogenated alkanes) is 14. The number of hydrogen-bond donors (Lipinski definition) is 2. The van der Waals surface area contributed by atoms with E-state index < -0.39 is 0 Å². The molecule has 0 aliphatic rings. The van der Waals surface area contributed by atoms with Gasteiger partial charge in [-0.25, -0.2) is 0 Å². The fourth-order valence-electron chi connectivity index (χ4n) is 3.80. The quantitative estimate of drug-likeness (QED) is 0.178. The molecule has 0 fully saturated rings. The van der Waals surface area contributed by atoms with E-state index in [2.05, 4.69) is 24.5 Å². The molecule has 0 aliphatic carbocycles. The first-order valence-corrected chi connectivity index (χ1v) is 13.5. The maximum absolute atomic E-state index is 12.0. The van der Waals surface area contributed by atoms with Gasteiger partial charge in [0.2, 0.25) is 5.91 Å². The molecule has 0 spiro atoms. The molecule has 1 amide bonds. The SMILES string of the molecule is CCCCCCCCCCCCCCCCNC(=O)CNc1ccc(OCCCC)cc1. The normalized spacial score (nSPS) is 10.8. The van der Waals surface area contributed by atoms with E-state index in [1.54, 1.807) is 0 Å². The highest BCUT2D eigenvalue weighted by atomic mass is 16.5. The van der Waals surface area contributed by atoms with E-state index in [1.807, 2.05) is 24.3 Å². The van der Waals surface area contributed by atoms with E-state index in [0.717, 1.165) is 43.9 Å². The molecule has 1 rings (SSSR count). The Morgan fingerprint density at radius 2 is 1.19 bits per heavy atom. The van der Waals surface area contributed by atoms with Gasteiger partial charge in [0, 0.05) is 12.2 Å². The van der Waals surface area contributed by atoms with Crippen molar-refractivity contribution in [2.75, 3.05) is 25.0 Å². The van der Waals surface area contributed by atoms with Crippen LogP contribution in [0.4, 0.5) is 5.69 Å². The minimum absolute atomic E-state index is 0.0583. The van der Waals surface area contributed by atoms with E-state index in [0.29, 0.717) is 6.54 Å². The van der Waals surface area contributed by atoms with Crippen LogP contribution in [0, 0.1) is 0 Å². The topological polar surface area (TPSA) is 50.4 Å². The summed E-state index contributed by atoms with van der Waals surface area (Å²) in [7, 11) is 0. The highest BCUT2D eigenvalue weighted by molar-refractivity contribution is 5.80. The molecule has 4 nitrogen and oxygen atoms in total. The number of carbonyl (C=O) groups excluding carboxylic acids is 1. The summed E-state index contributed by atoms with van der Waals surface area (Å²) >= 11 is 0. The summed E-state index contributed by atoms with van der Waals surface area (Å²) in [5, 5.41) is 6.19. The third-order valence-corrected chi connectivity index (χ3v) is 5.93. The summed E-state index contributed by atoms with van der Waals surface area (Å²) in [5.74, 6) is 0.939. The lowest BCUT2D eigenvalue weighted by Gasteiger charge is -2.09. The van der Waals surface area contributed by atoms with Crippen molar-refractivity contribution in [1.82, 2.24) is 5.32 Å². The third-order valence-electron chi connectivity index (χ3n) is 5.93. The number of rotatable bonds is 22. The van der Waals surface area contributed by atoms with Gasteiger partial charge in [-0.3, -0.25) is 4.79 Å². The van der Waals surface area contributed by atoms with Crippen LogP contribution in [-0.2, 0) is 4.79 Å². The zero-order chi connectivity index (χ0) is 23.1. The average Bonchev–Trinajstić information content (AvgIpc) is 2.81. The molecule has 0 bridgehead atoms. The Labute approximate surface area is 198 Å². The fraction of sp³-hybridized carbons (Fsp3) is 0.750. The van der Waals surface area contributed by atoms with Crippen LogP contribution in [0.5, 0.6) is 5.75 Å². The lowest BCUT2D eigenvalue weighted by Crippen LogP contribution is -2.30. The van der Waals surface area contributed by atoms with Gasteiger partial charge in [-0.1, -0.05) is 104 Å². The molecule has 0 radical (unpaired) electrons. The minimum Gasteiger partial charge on any atom is -0.494 e. The van der Waals surface area contributed by atoms with Gasteiger partial charge in [0.05, 0.1) is 13.2 Å². The summed E-state index contributed by atoms with van der Waals surface area (Å²) in [4.78, 5) is 12.0. The lowest BCUT2D eigenvalue weighted by molar-refractivity contribution is -0.119. The molecule has 184 valence electrons. The highest BCUT2D eigenvalue weighted by Gasteiger charge is 2.01. The van der Waals surface area contributed by atoms with Crippen LogP contribution in [0.2, 0.25) is 0 Å². The molecular weight excluding hydrogens is 396 g/mol. The summed E-state index contributed by atoms with van der Waals surface area (Å²) in [6, 6.07) is 7.82. The second-order valence-corrected chi connectivity index (χ2v) is 9.03. The molecule has 0 aromatic heterocycles. The summed E-state index contributed by atoms with van der Waals surface area (Å²) in [6.45, 7) is 6.28. The van der Waals surface area contributed by atoms with Gasteiger partial charge in [0.25, 0.3) is 0 Å². The smallest absolute Gasteiger partial charge is 0.239 e. The molecule has 0 saturated heterocycles. The van der Waals surface area contributed by atoms with E-state index in [4.69, 9.17) is 4.74 Å². The van der Waals surface area contributed by atoms with Crippen LogP contribution in [0.1, 0.15) is 117 Å². The zero-order valence-corrected chi connectivity index (χ0v) is 21.1. The van der Waals surface area contributed by atoms with Crippen LogP contribution in [-0.4, -0.2) is 25.6 Å². The summed E-state index contributed by atoms with van der Waals surface area (Å²) < 4.78 is 5.66. The van der Waals surface area contributed by atoms with Crippen molar-refractivity contribution in [3.05, 3.63) is 24.3 Å². The van der Waals surface area contributed by atoms with Crippen LogP contribution >= 0.6 is 0 Å². The van der Waals surface area contributed by atoms with E-state index in [9.17, 15) is 4.79 Å². The number of ether oxygens (including phenoxy) is 1. The highest BCUT2D eigenvalue weighted by Crippen LogP contribution is 2.16. The summed E-state index contributed by atoms with van der Waals surface area (Å²) in [5.41, 5.74) is 0.944. The molecule has 1 aromatic carbocycles. The zero-order valence-electron chi connectivity index (χ0n) is 21.1. The van der Waals surface area contributed by atoms with E-state index in [-0.39, 0.29) is 5.91 Å². The minimum atomic E-state index is 0.0583. The molecule has 1 aromatic rings. The summed E-state index contributed by atoms with van der Waals surface area (Å²) in [6.07, 6.45) is 21.2. The molecule has 4 heteroatoms. The molecule has 0 aliphatic heterocycles. The second-order valence-electron chi connectivity index (χ2n) is 9.03. The van der Waals surface area contributed by atoms with Gasteiger partial charge >= 0.3 is 0 Å². The standard InChI is InChI=1S/C28H50N2O2/c1-3-5-7-8-9-10-11-12-13-14-15-16-17-18-23-29-28(31)25-30-26-19-21-27(22-20-26)32-24-6-4-2/h19-22,30H,3-18,23-25H2,1-2H3,(H,29,31). The first-order valence-electron chi connectivity index (χ1n) is 13.5. The van der Waals surface area contributed by atoms with Crippen molar-refractivity contribution in [2.24, 2.45) is 0 Å². The van der Waals surface area contributed by atoms with Crippen LogP contribution in [0.3, 0.4) is 0 Å². The molecular formula is C28H50N2O2. The van der Waals surface area contributed by atoms with Gasteiger partial charge in [0.1, 0.15) is 5.75 Å². The Hall–Kier alpha value is -1.71. The molecule has 0 unspecified atom stereocenters. The van der Waals surface area contributed by atoms with E-state index in [1.165, 1.54) is 83.5 Å². The van der Waals surface area contributed by atoms with Crippen molar-refractivity contribution in [2.45, 2.75) is 117 Å². The van der Waals surface area contributed by atoms with Crippen LogP contribution < -0.4 is 15.4 Å². The number of carbonyl (C=O) groups is 1. The maximum atomic E-state index is 12.0. The molecule has 0 atom stereocenters. The predicted octanol–water partition coefficient (Wildman–Crippen LogP) is 7.87. The molecule has 0 heterocycles. The van der Waals surface area contributed by atoms with Gasteiger partial charge in [-0.15, -0.1) is 0 Å².